The SMILES string of the molecule is Cc1ccc(CN(C(=O)Cc2ccccc2Cl)[C@@H](C)C(=O)NC2CCCC2)cc1. The van der Waals surface area contributed by atoms with Crippen LogP contribution in [0.15, 0.2) is 48.5 Å². The molecule has 0 aliphatic heterocycles. The fraction of sp³-hybridized carbons (Fsp3) is 0.417. The zero-order chi connectivity index (χ0) is 20.8. The monoisotopic (exact) mass is 412 g/mol. The fourth-order valence-electron chi connectivity index (χ4n) is 3.77. The van der Waals surface area contributed by atoms with Crippen molar-refractivity contribution in [3.8, 4) is 0 Å². The van der Waals surface area contributed by atoms with Gasteiger partial charge in [-0.15, -0.1) is 0 Å². The van der Waals surface area contributed by atoms with Crippen molar-refractivity contribution in [2.45, 2.75) is 64.6 Å². The molecule has 1 saturated carbocycles. The van der Waals surface area contributed by atoms with Crippen molar-refractivity contribution in [1.29, 1.82) is 0 Å². The van der Waals surface area contributed by atoms with Gasteiger partial charge in [0.25, 0.3) is 0 Å². The quantitative estimate of drug-likeness (QED) is 0.718. The van der Waals surface area contributed by atoms with E-state index < -0.39 is 6.04 Å². The number of hydrogen-bond acceptors (Lipinski definition) is 2. The van der Waals surface area contributed by atoms with Crippen LogP contribution in [0.25, 0.3) is 0 Å². The minimum Gasteiger partial charge on any atom is -0.352 e. The van der Waals surface area contributed by atoms with Crippen LogP contribution in [0.1, 0.15) is 49.3 Å². The molecule has 0 spiro atoms. The molecule has 5 heteroatoms. The van der Waals surface area contributed by atoms with Crippen LogP contribution in [-0.4, -0.2) is 28.8 Å². The molecule has 0 saturated heterocycles. The Morgan fingerprint density at radius 3 is 2.41 bits per heavy atom. The molecule has 1 fully saturated rings. The Morgan fingerprint density at radius 1 is 1.10 bits per heavy atom. The van der Waals surface area contributed by atoms with Crippen molar-refractivity contribution in [2.75, 3.05) is 0 Å². The number of amides is 2. The number of nitrogens with one attached hydrogen (secondary N) is 1. The number of rotatable bonds is 7. The third-order valence-corrected chi connectivity index (χ3v) is 6.01. The first kappa shape index (κ1) is 21.4. The average Bonchev–Trinajstić information content (AvgIpc) is 3.21. The van der Waals surface area contributed by atoms with E-state index in [1.807, 2.05) is 56.3 Å². The molecule has 1 N–H and O–H groups in total. The minimum atomic E-state index is -0.549. The standard InChI is InChI=1S/C24H29ClN2O2/c1-17-11-13-19(14-12-17)16-27(18(2)24(29)26-21-8-4-5-9-21)23(28)15-20-7-3-6-10-22(20)25/h3,6-7,10-14,18,21H,4-5,8-9,15-16H2,1-2H3,(H,26,29)/t18-/m0/s1. The Bertz CT molecular complexity index is 844. The second-order valence-corrected chi connectivity index (χ2v) is 8.35. The molecule has 0 radical (unpaired) electrons. The topological polar surface area (TPSA) is 49.4 Å². The van der Waals surface area contributed by atoms with Gasteiger partial charge in [-0.1, -0.05) is 72.5 Å². The summed E-state index contributed by atoms with van der Waals surface area (Å²) in [5.74, 6) is -0.190. The maximum atomic E-state index is 13.2. The van der Waals surface area contributed by atoms with Gasteiger partial charge in [0.1, 0.15) is 6.04 Å². The Hall–Kier alpha value is -2.33. The van der Waals surface area contributed by atoms with Gasteiger partial charge in [-0.3, -0.25) is 9.59 Å². The highest BCUT2D eigenvalue weighted by Crippen LogP contribution is 2.20. The maximum absolute atomic E-state index is 13.2. The molecule has 4 nitrogen and oxygen atoms in total. The first-order valence-electron chi connectivity index (χ1n) is 10.3. The van der Waals surface area contributed by atoms with Crippen LogP contribution >= 0.6 is 11.6 Å². The predicted molar refractivity (Wildman–Crippen MR) is 117 cm³/mol. The Labute approximate surface area is 178 Å². The molecule has 154 valence electrons. The van der Waals surface area contributed by atoms with Crippen molar-refractivity contribution in [3.63, 3.8) is 0 Å². The molecular weight excluding hydrogens is 384 g/mol. The first-order valence-corrected chi connectivity index (χ1v) is 10.7. The van der Waals surface area contributed by atoms with E-state index in [9.17, 15) is 9.59 Å². The van der Waals surface area contributed by atoms with E-state index in [1.54, 1.807) is 11.0 Å². The van der Waals surface area contributed by atoms with Gasteiger partial charge in [0.05, 0.1) is 6.42 Å². The zero-order valence-corrected chi connectivity index (χ0v) is 17.9. The lowest BCUT2D eigenvalue weighted by molar-refractivity contribution is -0.140. The molecular formula is C24H29ClN2O2. The summed E-state index contributed by atoms with van der Waals surface area (Å²) in [6.07, 6.45) is 4.51. The summed E-state index contributed by atoms with van der Waals surface area (Å²) in [5.41, 5.74) is 2.94. The predicted octanol–water partition coefficient (Wildman–Crippen LogP) is 4.67. The molecule has 29 heavy (non-hydrogen) atoms. The normalized spacial score (nSPS) is 15.1. The van der Waals surface area contributed by atoms with Crippen LogP contribution in [0.2, 0.25) is 5.02 Å². The molecule has 1 aliphatic carbocycles. The van der Waals surface area contributed by atoms with Crippen LogP contribution in [0.3, 0.4) is 0 Å². The molecule has 1 aliphatic rings. The third kappa shape index (κ3) is 5.83. The molecule has 2 aromatic rings. The average molecular weight is 413 g/mol. The Morgan fingerprint density at radius 2 is 1.76 bits per heavy atom. The van der Waals surface area contributed by atoms with Gasteiger partial charge in [0, 0.05) is 17.6 Å². The fourth-order valence-corrected chi connectivity index (χ4v) is 3.97. The highest BCUT2D eigenvalue weighted by molar-refractivity contribution is 6.31. The lowest BCUT2D eigenvalue weighted by Crippen LogP contribution is -2.50. The van der Waals surface area contributed by atoms with E-state index in [0.29, 0.717) is 11.6 Å². The van der Waals surface area contributed by atoms with Gasteiger partial charge in [-0.25, -0.2) is 0 Å². The molecule has 0 aromatic heterocycles. The van der Waals surface area contributed by atoms with E-state index in [0.717, 1.165) is 42.4 Å². The van der Waals surface area contributed by atoms with Crippen LogP contribution in [-0.2, 0) is 22.6 Å². The second-order valence-electron chi connectivity index (χ2n) is 7.94. The summed E-state index contributed by atoms with van der Waals surface area (Å²) in [6, 6.07) is 15.1. The van der Waals surface area contributed by atoms with Gasteiger partial charge < -0.3 is 10.2 Å². The lowest BCUT2D eigenvalue weighted by Gasteiger charge is -2.30. The zero-order valence-electron chi connectivity index (χ0n) is 17.2. The molecule has 2 amide bonds. The molecule has 1 atom stereocenters. The smallest absolute Gasteiger partial charge is 0.242 e. The van der Waals surface area contributed by atoms with E-state index in [4.69, 9.17) is 11.6 Å². The van der Waals surface area contributed by atoms with Gasteiger partial charge in [0.2, 0.25) is 11.8 Å². The third-order valence-electron chi connectivity index (χ3n) is 5.64. The van der Waals surface area contributed by atoms with Crippen molar-refractivity contribution in [2.24, 2.45) is 0 Å². The van der Waals surface area contributed by atoms with Crippen LogP contribution in [0, 0.1) is 6.92 Å². The van der Waals surface area contributed by atoms with E-state index in [1.165, 1.54) is 0 Å². The van der Waals surface area contributed by atoms with Crippen molar-refractivity contribution < 1.29 is 9.59 Å². The van der Waals surface area contributed by atoms with Crippen LogP contribution in [0.4, 0.5) is 0 Å². The van der Waals surface area contributed by atoms with E-state index in [-0.39, 0.29) is 24.3 Å². The van der Waals surface area contributed by atoms with Crippen molar-refractivity contribution in [1.82, 2.24) is 10.2 Å². The molecule has 3 rings (SSSR count). The maximum Gasteiger partial charge on any atom is 0.242 e. The van der Waals surface area contributed by atoms with Gasteiger partial charge in [0.15, 0.2) is 0 Å². The number of aryl methyl sites for hydroxylation is 1. The largest absolute Gasteiger partial charge is 0.352 e. The summed E-state index contributed by atoms with van der Waals surface area (Å²) >= 11 is 6.26. The van der Waals surface area contributed by atoms with Crippen LogP contribution < -0.4 is 5.32 Å². The summed E-state index contributed by atoms with van der Waals surface area (Å²) < 4.78 is 0. The number of halogens is 1. The summed E-state index contributed by atoms with van der Waals surface area (Å²) in [6.45, 7) is 4.23. The number of carbonyl (C=O) groups excluding carboxylic acids is 2. The van der Waals surface area contributed by atoms with E-state index >= 15 is 0 Å². The minimum absolute atomic E-state index is 0.0866. The summed E-state index contributed by atoms with van der Waals surface area (Å²) in [7, 11) is 0. The summed E-state index contributed by atoms with van der Waals surface area (Å²) in [5, 5.41) is 3.69. The first-order chi connectivity index (χ1) is 13.9. The number of benzene rings is 2. The van der Waals surface area contributed by atoms with Crippen molar-refractivity contribution >= 4 is 23.4 Å². The Balaban J connectivity index is 1.77. The second kappa shape index (κ2) is 9.93. The molecule has 0 heterocycles. The number of carbonyl (C=O) groups is 2. The van der Waals surface area contributed by atoms with Gasteiger partial charge in [-0.2, -0.15) is 0 Å². The van der Waals surface area contributed by atoms with E-state index in [2.05, 4.69) is 5.32 Å². The Kier molecular flexibility index (Phi) is 7.32. The van der Waals surface area contributed by atoms with Gasteiger partial charge in [-0.05, 0) is 43.9 Å². The lowest BCUT2D eigenvalue weighted by atomic mass is 10.1. The van der Waals surface area contributed by atoms with Crippen LogP contribution in [0.5, 0.6) is 0 Å². The number of nitrogens with zero attached hydrogens (tertiary/aromatic N) is 1. The molecule has 2 aromatic carbocycles. The molecule has 0 bridgehead atoms. The van der Waals surface area contributed by atoms with Crippen molar-refractivity contribution in [3.05, 3.63) is 70.2 Å². The highest BCUT2D eigenvalue weighted by atomic mass is 35.5. The summed E-state index contributed by atoms with van der Waals surface area (Å²) in [4.78, 5) is 27.7. The highest BCUT2D eigenvalue weighted by Gasteiger charge is 2.28. The van der Waals surface area contributed by atoms with Gasteiger partial charge >= 0.3 is 0 Å². The number of hydrogen-bond donors (Lipinski definition) is 1. The molecule has 0 unspecified atom stereocenters.